The van der Waals surface area contributed by atoms with E-state index in [2.05, 4.69) is 47.5 Å². The lowest BCUT2D eigenvalue weighted by atomic mass is 9.79. The number of fused-ring (bicyclic) bond motifs is 4. The Kier molecular flexibility index (Phi) is 10.3. The Bertz CT molecular complexity index is 2590. The van der Waals surface area contributed by atoms with Gasteiger partial charge in [-0.2, -0.15) is 10.2 Å². The van der Waals surface area contributed by atoms with Crippen LogP contribution in [0.1, 0.15) is 66.2 Å². The maximum Gasteiger partial charge on any atom is 0.328 e. The van der Waals surface area contributed by atoms with Gasteiger partial charge in [-0.3, -0.25) is 34.4 Å². The molecule has 5 fully saturated rings. The third-order valence-corrected chi connectivity index (χ3v) is 12.4. The van der Waals surface area contributed by atoms with Crippen LogP contribution in [0.3, 0.4) is 0 Å². The fraction of sp³-hybridized carbons (Fsp3) is 0.452. The van der Waals surface area contributed by atoms with Crippen molar-refractivity contribution < 1.29 is 37.0 Å². The molecule has 4 aliphatic heterocycles. The van der Waals surface area contributed by atoms with E-state index in [0.717, 1.165) is 23.7 Å². The highest BCUT2D eigenvalue weighted by Gasteiger charge is 2.40. The van der Waals surface area contributed by atoms with E-state index >= 15 is 4.39 Å². The van der Waals surface area contributed by atoms with Gasteiger partial charge in [0.15, 0.2) is 11.3 Å². The fourth-order valence-corrected chi connectivity index (χ4v) is 9.21. The summed E-state index contributed by atoms with van der Waals surface area (Å²) in [6.07, 6.45) is 6.28. The lowest BCUT2D eigenvalue weighted by molar-refractivity contribution is -0.120. The molecular weight excluding hydrogens is 796 g/mol. The zero-order chi connectivity index (χ0) is 41.8. The number of benzene rings is 1. The van der Waals surface area contributed by atoms with Gasteiger partial charge in [0.05, 0.1) is 54.7 Å². The number of anilines is 3. The van der Waals surface area contributed by atoms with Crippen LogP contribution in [-0.4, -0.2) is 122 Å². The van der Waals surface area contributed by atoms with Crippen LogP contribution in [-0.2, 0) is 14.3 Å². The van der Waals surface area contributed by atoms with Gasteiger partial charge in [0.2, 0.25) is 5.91 Å². The minimum atomic E-state index is -2.90. The van der Waals surface area contributed by atoms with Crippen molar-refractivity contribution in [1.82, 2.24) is 39.6 Å². The lowest BCUT2D eigenvalue weighted by Gasteiger charge is -2.41. The van der Waals surface area contributed by atoms with Crippen LogP contribution in [0.2, 0.25) is 0 Å². The Hall–Kier alpha value is -6.10. The second kappa shape index (κ2) is 16.1. The van der Waals surface area contributed by atoms with Gasteiger partial charge >= 0.3 is 6.03 Å². The second-order valence-electron chi connectivity index (χ2n) is 16.3. The van der Waals surface area contributed by atoms with Crippen molar-refractivity contribution in [2.75, 3.05) is 61.1 Å². The molecule has 0 unspecified atom stereocenters. The van der Waals surface area contributed by atoms with E-state index in [0.29, 0.717) is 61.7 Å². The number of carbonyl (C=O) groups excluding carboxylic acids is 3. The van der Waals surface area contributed by atoms with Gasteiger partial charge < -0.3 is 19.7 Å². The van der Waals surface area contributed by atoms with E-state index in [1.54, 1.807) is 18.6 Å². The summed E-state index contributed by atoms with van der Waals surface area (Å²) in [5.41, 5.74) is 1.18. The summed E-state index contributed by atoms with van der Waals surface area (Å²) in [5, 5.41) is 14.9. The van der Waals surface area contributed by atoms with Crippen LogP contribution in [0.15, 0.2) is 55.2 Å². The SMILES string of the molecule is O=C1CCN(c2cncc3c(C#CCO[C@@H]4CCN(CC5CC(n6cc(NC(=O)c7cnn8ccc(N9C[C@H]%10C[C@@H]9CO%10)nc78)c(C(F)F)n6)C5)C[C@@H]4F)cccc23)C(=O)N1. The van der Waals surface area contributed by atoms with E-state index in [1.807, 2.05) is 24.3 Å². The predicted octanol–water partition coefficient (Wildman–Crippen LogP) is 4.52. The molecule has 4 aromatic heterocycles. The minimum Gasteiger partial charge on any atom is -0.374 e. The molecule has 2 N–H and O–H groups in total. The molecule has 0 spiro atoms. The molecule has 2 bridgehead atoms. The standard InChI is InChI=1S/C42H42F3N11O5/c43-32-21-52(9-6-35(32)60-12-2-4-25-3-1-5-29-30(25)16-46-18-34(29)53-10-8-37(57)50-42(53)59)19-24-13-26(14-24)56-22-33(38(51-56)39(44)45)48-41(58)31-17-47-55-11-7-36(49-40(31)55)54-20-28-15-27(54)23-61-28/h1,3,5,7,11,16-18,22,24,26-28,32,35,39H,6,8-10,12-15,19-21,23H2,(H,48,58)(H,50,57,59)/t24?,26?,27-,28-,32+,35-/m1/s1. The third kappa shape index (κ3) is 7.63. The molecule has 8 heterocycles. The molecule has 10 rings (SSSR count). The summed E-state index contributed by atoms with van der Waals surface area (Å²) in [6, 6.07) is 6.99. The lowest BCUT2D eigenvalue weighted by Crippen LogP contribution is -2.49. The number of piperidine rings is 1. The number of alkyl halides is 3. The molecule has 16 nitrogen and oxygen atoms in total. The smallest absolute Gasteiger partial charge is 0.328 e. The Morgan fingerprint density at radius 3 is 2.74 bits per heavy atom. The van der Waals surface area contributed by atoms with E-state index in [-0.39, 0.29) is 67.4 Å². The van der Waals surface area contributed by atoms with Crippen molar-refractivity contribution in [1.29, 1.82) is 0 Å². The summed E-state index contributed by atoms with van der Waals surface area (Å²) in [6.45, 7) is 3.16. The molecule has 61 heavy (non-hydrogen) atoms. The highest BCUT2D eigenvalue weighted by Crippen LogP contribution is 2.40. The number of ether oxygens (including phenoxy) is 2. The van der Waals surface area contributed by atoms with Crippen LogP contribution in [0.25, 0.3) is 16.4 Å². The largest absolute Gasteiger partial charge is 0.374 e. The van der Waals surface area contributed by atoms with Crippen molar-refractivity contribution in [2.45, 2.75) is 69.0 Å². The molecule has 4 atom stereocenters. The first kappa shape index (κ1) is 39.1. The number of aromatic nitrogens is 6. The zero-order valence-corrected chi connectivity index (χ0v) is 32.9. The summed E-state index contributed by atoms with van der Waals surface area (Å²) < 4.78 is 58.3. The fourth-order valence-electron chi connectivity index (χ4n) is 9.21. The molecule has 4 amide bonds. The summed E-state index contributed by atoms with van der Waals surface area (Å²) in [4.78, 5) is 52.3. The molecule has 1 aliphatic carbocycles. The van der Waals surface area contributed by atoms with Crippen molar-refractivity contribution in [3.8, 4) is 11.8 Å². The molecule has 1 aromatic carbocycles. The van der Waals surface area contributed by atoms with E-state index in [9.17, 15) is 23.2 Å². The van der Waals surface area contributed by atoms with Crippen molar-refractivity contribution in [2.24, 2.45) is 5.92 Å². The maximum atomic E-state index is 15.4. The van der Waals surface area contributed by atoms with Crippen LogP contribution >= 0.6 is 0 Å². The molecule has 4 saturated heterocycles. The molecule has 0 radical (unpaired) electrons. The Morgan fingerprint density at radius 1 is 1.07 bits per heavy atom. The number of halogens is 3. The Labute approximate surface area is 347 Å². The van der Waals surface area contributed by atoms with E-state index < -0.39 is 36.3 Å². The number of nitrogens with zero attached hydrogens (tertiary/aromatic N) is 9. The maximum absolute atomic E-state index is 15.4. The first-order valence-corrected chi connectivity index (χ1v) is 20.5. The third-order valence-electron chi connectivity index (χ3n) is 12.4. The Balaban J connectivity index is 0.711. The van der Waals surface area contributed by atoms with E-state index in [4.69, 9.17) is 14.5 Å². The highest BCUT2D eigenvalue weighted by atomic mass is 19.3. The average molecular weight is 838 g/mol. The average Bonchev–Trinajstić information content (AvgIpc) is 4.06. The number of likely N-dealkylation sites (tertiary alicyclic amines) is 1. The van der Waals surface area contributed by atoms with Crippen LogP contribution in [0.5, 0.6) is 0 Å². The monoisotopic (exact) mass is 837 g/mol. The molecule has 5 aromatic rings. The van der Waals surface area contributed by atoms with Gasteiger partial charge in [-0.15, -0.1) is 0 Å². The highest BCUT2D eigenvalue weighted by molar-refractivity contribution is 6.10. The van der Waals surface area contributed by atoms with Crippen LogP contribution in [0.4, 0.5) is 35.2 Å². The summed E-state index contributed by atoms with van der Waals surface area (Å²) in [7, 11) is 0. The van der Waals surface area contributed by atoms with E-state index in [1.165, 1.54) is 26.5 Å². The number of urea groups is 1. The van der Waals surface area contributed by atoms with Crippen LogP contribution in [0, 0.1) is 17.8 Å². The summed E-state index contributed by atoms with van der Waals surface area (Å²) >= 11 is 0. The van der Waals surface area contributed by atoms with Crippen molar-refractivity contribution in [3.05, 3.63) is 72.1 Å². The molecule has 316 valence electrons. The number of hydrogen-bond acceptors (Lipinski definition) is 11. The number of carbonyl (C=O) groups is 3. The van der Waals surface area contributed by atoms with Gasteiger partial charge in [0, 0.05) is 74.1 Å². The first-order valence-electron chi connectivity index (χ1n) is 20.5. The minimum absolute atomic E-state index is 0.0368. The number of nitrogens with one attached hydrogen (secondary N) is 2. The normalized spacial score (nSPS) is 25.2. The number of imide groups is 1. The second-order valence-corrected chi connectivity index (χ2v) is 16.3. The predicted molar refractivity (Wildman–Crippen MR) is 215 cm³/mol. The molecular formula is C42H42F3N11O5. The number of hydrogen-bond donors (Lipinski definition) is 2. The number of pyridine rings is 1. The number of rotatable bonds is 10. The zero-order valence-electron chi connectivity index (χ0n) is 32.9. The van der Waals surface area contributed by atoms with Crippen LogP contribution < -0.4 is 20.4 Å². The van der Waals surface area contributed by atoms with Gasteiger partial charge in [0.1, 0.15) is 24.2 Å². The molecule has 1 saturated carbocycles. The summed E-state index contributed by atoms with van der Waals surface area (Å²) in [5.74, 6) is 6.12. The van der Waals surface area contributed by atoms with Gasteiger partial charge in [0.25, 0.3) is 12.3 Å². The molecule has 19 heteroatoms. The van der Waals surface area contributed by atoms with Gasteiger partial charge in [-0.1, -0.05) is 24.0 Å². The van der Waals surface area contributed by atoms with Crippen molar-refractivity contribution in [3.63, 3.8) is 0 Å². The van der Waals surface area contributed by atoms with Gasteiger partial charge in [-0.05, 0) is 43.7 Å². The first-order chi connectivity index (χ1) is 29.6. The molecule has 5 aliphatic rings. The van der Waals surface area contributed by atoms with Gasteiger partial charge in [-0.25, -0.2) is 27.5 Å². The quantitative estimate of drug-likeness (QED) is 0.190. The number of amides is 4. The Morgan fingerprint density at radius 2 is 1.95 bits per heavy atom. The van der Waals surface area contributed by atoms with Crippen molar-refractivity contribution >= 4 is 51.5 Å². The number of morpholine rings is 1. The topological polar surface area (TPSA) is 164 Å².